The summed E-state index contributed by atoms with van der Waals surface area (Å²) in [4.78, 5) is 17.1. The zero-order chi connectivity index (χ0) is 20.4. The number of carbonyl (C=O) groups excluding carboxylic acids is 1. The van der Waals surface area contributed by atoms with Gasteiger partial charge in [-0.25, -0.2) is 0 Å². The molecule has 0 aliphatic carbocycles. The Hall–Kier alpha value is -2.75. The number of likely N-dealkylation sites (N-methyl/N-ethyl adjacent to an activating group) is 1. The Bertz CT molecular complexity index is 998. The molecule has 0 bridgehead atoms. The van der Waals surface area contributed by atoms with Crippen molar-refractivity contribution in [3.05, 3.63) is 64.9 Å². The summed E-state index contributed by atoms with van der Waals surface area (Å²) >= 11 is 0. The van der Waals surface area contributed by atoms with Crippen LogP contribution >= 0.6 is 0 Å². The lowest BCUT2D eigenvalue weighted by atomic mass is 10.0. The number of aryl methyl sites for hydroxylation is 2. The molecule has 0 saturated carbocycles. The Balaban J connectivity index is 1.40. The topological polar surface area (TPSA) is 36.7 Å². The average Bonchev–Trinajstić information content (AvgIpc) is 3.15. The molecule has 3 aromatic rings. The molecule has 2 aromatic carbocycles. The van der Waals surface area contributed by atoms with Crippen LogP contribution in [-0.4, -0.2) is 30.9 Å². The molecule has 0 N–H and O–H groups in total. The number of benzene rings is 2. The van der Waals surface area contributed by atoms with E-state index < -0.39 is 0 Å². The van der Waals surface area contributed by atoms with Crippen LogP contribution in [0.25, 0.3) is 11.0 Å². The Morgan fingerprint density at radius 1 is 1.03 bits per heavy atom. The summed E-state index contributed by atoms with van der Waals surface area (Å²) in [5, 5.41) is 1.04. The second-order valence-electron chi connectivity index (χ2n) is 8.29. The van der Waals surface area contributed by atoms with Crippen LogP contribution in [0.4, 0.5) is 5.69 Å². The molecule has 4 heteroatoms. The van der Waals surface area contributed by atoms with Crippen molar-refractivity contribution in [2.45, 2.75) is 46.1 Å². The monoisotopic (exact) mass is 390 g/mol. The number of hydrogen-bond acceptors (Lipinski definition) is 3. The standard InChI is InChI=1S/C25H30N2O2/c1-18-7-12-23-21(17-29-25(23)19(18)2)15-24(28)26(3)16-20-8-10-22(11-9-20)27-13-5-4-6-14-27/h7-12,17H,4-6,13-16H2,1-3H3. The number of nitrogens with zero attached hydrogens (tertiary/aromatic N) is 2. The molecule has 1 aliphatic heterocycles. The van der Waals surface area contributed by atoms with Gasteiger partial charge in [0.1, 0.15) is 5.58 Å². The van der Waals surface area contributed by atoms with E-state index in [1.54, 1.807) is 11.2 Å². The number of piperidine rings is 1. The number of rotatable bonds is 5. The predicted octanol–water partition coefficient (Wildman–Crippen LogP) is 5.24. The van der Waals surface area contributed by atoms with E-state index >= 15 is 0 Å². The minimum atomic E-state index is 0.103. The first-order valence-corrected chi connectivity index (χ1v) is 10.6. The maximum atomic E-state index is 12.8. The van der Waals surface area contributed by atoms with Crippen LogP contribution in [0.2, 0.25) is 0 Å². The van der Waals surface area contributed by atoms with Crippen LogP contribution in [0.3, 0.4) is 0 Å². The van der Waals surface area contributed by atoms with Crippen molar-refractivity contribution in [1.29, 1.82) is 0 Å². The Morgan fingerprint density at radius 3 is 2.48 bits per heavy atom. The molecular formula is C25H30N2O2. The molecule has 1 saturated heterocycles. The summed E-state index contributed by atoms with van der Waals surface area (Å²) in [6.45, 7) is 7.05. The van der Waals surface area contributed by atoms with E-state index in [-0.39, 0.29) is 5.91 Å². The van der Waals surface area contributed by atoms with Gasteiger partial charge in [-0.05, 0) is 61.9 Å². The van der Waals surface area contributed by atoms with Crippen LogP contribution < -0.4 is 4.90 Å². The normalized spacial score (nSPS) is 14.4. The maximum Gasteiger partial charge on any atom is 0.227 e. The highest BCUT2D eigenvalue weighted by Gasteiger charge is 2.16. The first kappa shape index (κ1) is 19.6. The third kappa shape index (κ3) is 4.16. The van der Waals surface area contributed by atoms with Gasteiger partial charge in [0.2, 0.25) is 5.91 Å². The largest absolute Gasteiger partial charge is 0.464 e. The van der Waals surface area contributed by atoms with Gasteiger partial charge in [-0.3, -0.25) is 4.79 Å². The zero-order valence-electron chi connectivity index (χ0n) is 17.7. The first-order valence-electron chi connectivity index (χ1n) is 10.6. The van der Waals surface area contributed by atoms with Crippen LogP contribution in [0.15, 0.2) is 47.1 Å². The highest BCUT2D eigenvalue weighted by molar-refractivity contribution is 5.89. The molecule has 29 heavy (non-hydrogen) atoms. The van der Waals surface area contributed by atoms with Crippen molar-refractivity contribution in [2.75, 3.05) is 25.0 Å². The van der Waals surface area contributed by atoms with Gasteiger partial charge in [-0.1, -0.05) is 24.3 Å². The number of amides is 1. The molecule has 4 rings (SSSR count). The zero-order valence-corrected chi connectivity index (χ0v) is 17.7. The molecule has 0 unspecified atom stereocenters. The molecule has 2 heterocycles. The van der Waals surface area contributed by atoms with Crippen LogP contribution in [0.1, 0.15) is 41.5 Å². The summed E-state index contributed by atoms with van der Waals surface area (Å²) in [5.41, 5.74) is 6.64. The van der Waals surface area contributed by atoms with Crippen LogP contribution in [-0.2, 0) is 17.8 Å². The number of anilines is 1. The molecule has 1 aromatic heterocycles. The van der Waals surface area contributed by atoms with E-state index in [9.17, 15) is 4.79 Å². The van der Waals surface area contributed by atoms with Gasteiger partial charge in [0, 0.05) is 43.3 Å². The fraction of sp³-hybridized carbons (Fsp3) is 0.400. The molecule has 0 radical (unpaired) electrons. The van der Waals surface area contributed by atoms with E-state index in [0.717, 1.165) is 40.7 Å². The highest BCUT2D eigenvalue weighted by Crippen LogP contribution is 2.27. The quantitative estimate of drug-likeness (QED) is 0.598. The third-order valence-corrected chi connectivity index (χ3v) is 6.19. The molecule has 0 atom stereocenters. The fourth-order valence-electron chi connectivity index (χ4n) is 4.15. The average molecular weight is 391 g/mol. The van der Waals surface area contributed by atoms with E-state index in [4.69, 9.17) is 4.42 Å². The lowest BCUT2D eigenvalue weighted by Gasteiger charge is -2.29. The number of hydrogen-bond donors (Lipinski definition) is 0. The van der Waals surface area contributed by atoms with Gasteiger partial charge in [0.15, 0.2) is 0 Å². The van der Waals surface area contributed by atoms with Gasteiger partial charge in [0.25, 0.3) is 0 Å². The SMILES string of the molecule is Cc1ccc2c(CC(=O)N(C)Cc3ccc(N4CCCCC4)cc3)coc2c1C. The van der Waals surface area contributed by atoms with Gasteiger partial charge < -0.3 is 14.2 Å². The van der Waals surface area contributed by atoms with Crippen molar-refractivity contribution in [2.24, 2.45) is 0 Å². The molecule has 152 valence electrons. The van der Waals surface area contributed by atoms with Crippen LogP contribution in [0, 0.1) is 13.8 Å². The summed E-state index contributed by atoms with van der Waals surface area (Å²) in [5.74, 6) is 0.103. The molecular weight excluding hydrogens is 360 g/mol. The van der Waals surface area contributed by atoms with E-state index in [1.165, 1.54) is 30.5 Å². The minimum Gasteiger partial charge on any atom is -0.464 e. The third-order valence-electron chi connectivity index (χ3n) is 6.19. The van der Waals surface area contributed by atoms with Gasteiger partial charge in [-0.15, -0.1) is 0 Å². The molecule has 4 nitrogen and oxygen atoms in total. The predicted molar refractivity (Wildman–Crippen MR) is 118 cm³/mol. The van der Waals surface area contributed by atoms with Gasteiger partial charge in [-0.2, -0.15) is 0 Å². The van der Waals surface area contributed by atoms with E-state index in [0.29, 0.717) is 13.0 Å². The fourth-order valence-corrected chi connectivity index (χ4v) is 4.15. The second-order valence-corrected chi connectivity index (χ2v) is 8.29. The van der Waals surface area contributed by atoms with E-state index in [2.05, 4.69) is 55.1 Å². The Labute approximate surface area is 173 Å². The van der Waals surface area contributed by atoms with Crippen molar-refractivity contribution in [3.63, 3.8) is 0 Å². The summed E-state index contributed by atoms with van der Waals surface area (Å²) in [7, 11) is 1.87. The number of carbonyl (C=O) groups is 1. The first-order chi connectivity index (χ1) is 14.0. The highest BCUT2D eigenvalue weighted by atomic mass is 16.3. The minimum absolute atomic E-state index is 0.103. The molecule has 1 fully saturated rings. The van der Waals surface area contributed by atoms with Gasteiger partial charge >= 0.3 is 0 Å². The lowest BCUT2D eigenvalue weighted by molar-refractivity contribution is -0.129. The lowest BCUT2D eigenvalue weighted by Crippen LogP contribution is -2.29. The number of fused-ring (bicyclic) bond motifs is 1. The summed E-state index contributed by atoms with van der Waals surface area (Å²) in [6.07, 6.45) is 5.99. The summed E-state index contributed by atoms with van der Waals surface area (Å²) < 4.78 is 5.75. The molecule has 1 amide bonds. The van der Waals surface area contributed by atoms with Crippen molar-refractivity contribution < 1.29 is 9.21 Å². The van der Waals surface area contributed by atoms with Crippen LogP contribution in [0.5, 0.6) is 0 Å². The van der Waals surface area contributed by atoms with Crippen molar-refractivity contribution in [3.8, 4) is 0 Å². The summed E-state index contributed by atoms with van der Waals surface area (Å²) in [6, 6.07) is 12.8. The smallest absolute Gasteiger partial charge is 0.227 e. The van der Waals surface area contributed by atoms with Crippen molar-refractivity contribution >= 4 is 22.6 Å². The molecule has 0 spiro atoms. The van der Waals surface area contributed by atoms with E-state index in [1.807, 2.05) is 7.05 Å². The maximum absolute atomic E-state index is 12.8. The Kier molecular flexibility index (Phi) is 5.61. The number of furan rings is 1. The van der Waals surface area contributed by atoms with Gasteiger partial charge in [0.05, 0.1) is 12.7 Å². The molecule has 1 aliphatic rings. The Morgan fingerprint density at radius 2 is 1.76 bits per heavy atom. The second kappa shape index (κ2) is 8.32. The van der Waals surface area contributed by atoms with Crippen molar-refractivity contribution in [1.82, 2.24) is 4.90 Å².